The second-order valence-corrected chi connectivity index (χ2v) is 6.34. The maximum absolute atomic E-state index is 14.4. The minimum absolute atomic E-state index is 0.000241. The molecule has 138 valence electrons. The quantitative estimate of drug-likeness (QED) is 0.699. The highest BCUT2D eigenvalue weighted by molar-refractivity contribution is 6.39. The van der Waals surface area contributed by atoms with Crippen LogP contribution in [0.1, 0.15) is 20.8 Å². The molecule has 1 aromatic carbocycles. The van der Waals surface area contributed by atoms with Gasteiger partial charge in [0.2, 0.25) is 0 Å². The summed E-state index contributed by atoms with van der Waals surface area (Å²) < 4.78 is 20.1. The SMILES string of the molecule is C[C@H](CO)NC(=O)C(=O)Nc1ccc(N2C[C@@H](C)O[C@H](C)C2)c(F)c1. The van der Waals surface area contributed by atoms with E-state index in [1.54, 1.807) is 19.1 Å². The third-order valence-corrected chi connectivity index (χ3v) is 3.82. The Kier molecular flexibility index (Phi) is 6.33. The van der Waals surface area contributed by atoms with Gasteiger partial charge in [-0.2, -0.15) is 0 Å². The van der Waals surface area contributed by atoms with Crippen molar-refractivity contribution in [1.82, 2.24) is 5.32 Å². The lowest BCUT2D eigenvalue weighted by Crippen LogP contribution is -2.45. The molecule has 0 spiro atoms. The van der Waals surface area contributed by atoms with Crippen LogP contribution in [-0.2, 0) is 14.3 Å². The molecule has 1 aliphatic heterocycles. The Morgan fingerprint density at radius 1 is 1.32 bits per heavy atom. The Morgan fingerprint density at radius 2 is 1.96 bits per heavy atom. The largest absolute Gasteiger partial charge is 0.394 e. The van der Waals surface area contributed by atoms with Gasteiger partial charge in [-0.25, -0.2) is 4.39 Å². The number of halogens is 1. The topological polar surface area (TPSA) is 90.9 Å². The molecule has 0 aromatic heterocycles. The van der Waals surface area contributed by atoms with Gasteiger partial charge in [0.25, 0.3) is 0 Å². The number of hydrogen-bond donors (Lipinski definition) is 3. The number of carbonyl (C=O) groups is 2. The van der Waals surface area contributed by atoms with Crippen LogP contribution in [0.3, 0.4) is 0 Å². The molecule has 0 radical (unpaired) electrons. The first-order valence-electron chi connectivity index (χ1n) is 8.22. The van der Waals surface area contributed by atoms with E-state index in [2.05, 4.69) is 10.6 Å². The number of aliphatic hydroxyl groups is 1. The monoisotopic (exact) mass is 353 g/mol. The summed E-state index contributed by atoms with van der Waals surface area (Å²) in [6, 6.07) is 3.76. The molecule has 1 saturated heterocycles. The van der Waals surface area contributed by atoms with Crippen LogP contribution in [0.5, 0.6) is 0 Å². The molecule has 0 unspecified atom stereocenters. The van der Waals surface area contributed by atoms with Crippen LogP contribution >= 0.6 is 0 Å². The smallest absolute Gasteiger partial charge is 0.313 e. The Hall–Kier alpha value is -2.19. The van der Waals surface area contributed by atoms with Gasteiger partial charge in [-0.05, 0) is 39.0 Å². The molecule has 2 amide bonds. The number of amides is 2. The lowest BCUT2D eigenvalue weighted by molar-refractivity contribution is -0.136. The number of ether oxygens (including phenoxy) is 1. The number of nitrogens with zero attached hydrogens (tertiary/aromatic N) is 1. The van der Waals surface area contributed by atoms with Crippen molar-refractivity contribution >= 4 is 23.2 Å². The molecule has 25 heavy (non-hydrogen) atoms. The van der Waals surface area contributed by atoms with Gasteiger partial charge in [-0.3, -0.25) is 9.59 Å². The molecular weight excluding hydrogens is 329 g/mol. The summed E-state index contributed by atoms with van der Waals surface area (Å²) in [4.78, 5) is 25.3. The van der Waals surface area contributed by atoms with Crippen molar-refractivity contribution in [2.24, 2.45) is 0 Å². The predicted molar refractivity (Wildman–Crippen MR) is 91.9 cm³/mol. The maximum atomic E-state index is 14.4. The summed E-state index contributed by atoms with van der Waals surface area (Å²) in [5.41, 5.74) is 0.616. The molecule has 8 heteroatoms. The van der Waals surface area contributed by atoms with Crippen LogP contribution in [0.15, 0.2) is 18.2 Å². The summed E-state index contributed by atoms with van der Waals surface area (Å²) in [5.74, 6) is -2.29. The number of anilines is 2. The minimum atomic E-state index is -0.916. The van der Waals surface area contributed by atoms with Crippen molar-refractivity contribution in [2.75, 3.05) is 29.9 Å². The number of nitrogens with one attached hydrogen (secondary N) is 2. The molecule has 0 saturated carbocycles. The Labute approximate surface area is 146 Å². The zero-order chi connectivity index (χ0) is 18.6. The van der Waals surface area contributed by atoms with Crippen LogP contribution in [0.25, 0.3) is 0 Å². The molecule has 1 aromatic rings. The van der Waals surface area contributed by atoms with Crippen molar-refractivity contribution < 1.29 is 23.8 Å². The number of carbonyl (C=O) groups excluding carboxylic acids is 2. The van der Waals surface area contributed by atoms with E-state index in [0.29, 0.717) is 18.8 Å². The fraction of sp³-hybridized carbons (Fsp3) is 0.529. The minimum Gasteiger partial charge on any atom is -0.394 e. The van der Waals surface area contributed by atoms with Crippen molar-refractivity contribution in [3.8, 4) is 0 Å². The highest BCUT2D eigenvalue weighted by atomic mass is 19.1. The van der Waals surface area contributed by atoms with E-state index in [-0.39, 0.29) is 24.5 Å². The van der Waals surface area contributed by atoms with Crippen LogP contribution in [0.4, 0.5) is 15.8 Å². The van der Waals surface area contributed by atoms with Crippen molar-refractivity contribution in [2.45, 2.75) is 39.0 Å². The number of rotatable bonds is 4. The highest BCUT2D eigenvalue weighted by Gasteiger charge is 2.24. The maximum Gasteiger partial charge on any atom is 0.313 e. The van der Waals surface area contributed by atoms with E-state index in [9.17, 15) is 14.0 Å². The average Bonchev–Trinajstić information content (AvgIpc) is 2.53. The van der Waals surface area contributed by atoms with E-state index >= 15 is 0 Å². The van der Waals surface area contributed by atoms with E-state index in [1.165, 1.54) is 6.07 Å². The summed E-state index contributed by atoms with van der Waals surface area (Å²) in [7, 11) is 0. The van der Waals surface area contributed by atoms with Gasteiger partial charge in [0, 0.05) is 24.8 Å². The Morgan fingerprint density at radius 3 is 2.52 bits per heavy atom. The second kappa shape index (κ2) is 8.26. The van der Waals surface area contributed by atoms with Gasteiger partial charge in [-0.15, -0.1) is 0 Å². The highest BCUT2D eigenvalue weighted by Crippen LogP contribution is 2.26. The van der Waals surface area contributed by atoms with Gasteiger partial charge >= 0.3 is 11.8 Å². The molecule has 3 N–H and O–H groups in total. The summed E-state index contributed by atoms with van der Waals surface area (Å²) in [6.45, 7) is 6.30. The molecule has 1 aliphatic rings. The van der Waals surface area contributed by atoms with Crippen LogP contribution in [0.2, 0.25) is 0 Å². The first-order valence-corrected chi connectivity index (χ1v) is 8.22. The fourth-order valence-electron chi connectivity index (χ4n) is 2.74. The number of benzene rings is 1. The molecule has 1 heterocycles. The standard InChI is InChI=1S/C17H24FN3O4/c1-10(9-22)19-16(23)17(24)20-13-4-5-15(14(18)6-13)21-7-11(2)25-12(3)8-21/h4-6,10-12,22H,7-9H2,1-3H3,(H,19,23)(H,20,24)/t10-,11-,12-/m1/s1. The lowest BCUT2D eigenvalue weighted by atomic mass is 10.2. The van der Waals surface area contributed by atoms with E-state index < -0.39 is 23.7 Å². The number of aliphatic hydroxyl groups excluding tert-OH is 1. The molecule has 0 aliphatic carbocycles. The first-order chi connectivity index (χ1) is 11.8. The van der Waals surface area contributed by atoms with Gasteiger partial charge < -0.3 is 25.4 Å². The van der Waals surface area contributed by atoms with Gasteiger partial charge in [-0.1, -0.05) is 0 Å². The second-order valence-electron chi connectivity index (χ2n) is 6.34. The molecular formula is C17H24FN3O4. The average molecular weight is 353 g/mol. The fourth-order valence-corrected chi connectivity index (χ4v) is 2.74. The van der Waals surface area contributed by atoms with Crippen LogP contribution < -0.4 is 15.5 Å². The Bertz CT molecular complexity index is 630. The molecule has 7 nitrogen and oxygen atoms in total. The van der Waals surface area contributed by atoms with Gasteiger partial charge in [0.1, 0.15) is 5.82 Å². The Balaban J connectivity index is 2.04. The molecule has 0 bridgehead atoms. The van der Waals surface area contributed by atoms with E-state index in [4.69, 9.17) is 9.84 Å². The summed E-state index contributed by atoms with van der Waals surface area (Å²) in [5, 5.41) is 13.5. The lowest BCUT2D eigenvalue weighted by Gasteiger charge is -2.37. The third kappa shape index (κ3) is 5.14. The zero-order valence-electron chi connectivity index (χ0n) is 14.6. The van der Waals surface area contributed by atoms with E-state index in [1.807, 2.05) is 18.7 Å². The molecule has 1 fully saturated rings. The third-order valence-electron chi connectivity index (χ3n) is 3.82. The van der Waals surface area contributed by atoms with Gasteiger partial charge in [0.15, 0.2) is 0 Å². The summed E-state index contributed by atoms with van der Waals surface area (Å²) >= 11 is 0. The predicted octanol–water partition coefficient (Wildman–Crippen LogP) is 0.875. The van der Waals surface area contributed by atoms with Crippen LogP contribution in [0, 0.1) is 5.82 Å². The van der Waals surface area contributed by atoms with Crippen molar-refractivity contribution in [3.63, 3.8) is 0 Å². The molecule has 2 rings (SSSR count). The molecule has 3 atom stereocenters. The van der Waals surface area contributed by atoms with E-state index in [0.717, 1.165) is 0 Å². The number of morpholine rings is 1. The van der Waals surface area contributed by atoms with Crippen LogP contribution in [-0.4, -0.2) is 54.9 Å². The van der Waals surface area contributed by atoms with Gasteiger partial charge in [0.05, 0.1) is 24.5 Å². The number of hydrogen-bond acceptors (Lipinski definition) is 5. The van der Waals surface area contributed by atoms with Crippen molar-refractivity contribution in [3.05, 3.63) is 24.0 Å². The first kappa shape index (κ1) is 19.1. The summed E-state index contributed by atoms with van der Waals surface area (Å²) in [6.07, 6.45) is -0.000482. The normalized spacial score (nSPS) is 21.6. The zero-order valence-corrected chi connectivity index (χ0v) is 14.6. The van der Waals surface area contributed by atoms with Crippen molar-refractivity contribution in [1.29, 1.82) is 0 Å².